The van der Waals surface area contributed by atoms with Gasteiger partial charge in [-0.3, -0.25) is 14.6 Å². The fourth-order valence-corrected chi connectivity index (χ4v) is 5.14. The first-order valence-corrected chi connectivity index (χ1v) is 12.7. The standard InChI is InChI=1S/C26H31N5O2S/c27-12-13-34-21-15-24(29-17-21)26(33)31-23(11-10-18-6-2-1-3-7-18)25(32)30-20-14-19-8-4-5-9-22(19)28-16-20/h1-9,14,16,21,23-24,29H,10-13,15,17,27H2,(H,30,32)(H,31,33)/t21-,23-,24+/m1/s1. The van der Waals surface area contributed by atoms with Crippen LogP contribution < -0.4 is 21.7 Å². The molecule has 0 bridgehead atoms. The number of carbonyl (C=O) groups is 2. The van der Waals surface area contributed by atoms with Crippen molar-refractivity contribution in [2.24, 2.45) is 5.73 Å². The minimum Gasteiger partial charge on any atom is -0.343 e. The van der Waals surface area contributed by atoms with Gasteiger partial charge in [-0.25, -0.2) is 0 Å². The van der Waals surface area contributed by atoms with Crippen LogP contribution in [0.3, 0.4) is 0 Å². The van der Waals surface area contributed by atoms with Gasteiger partial charge in [-0.2, -0.15) is 11.8 Å². The number of nitrogens with zero attached hydrogens (tertiary/aromatic N) is 1. The Morgan fingerprint density at radius 1 is 1.15 bits per heavy atom. The molecule has 178 valence electrons. The maximum Gasteiger partial charge on any atom is 0.247 e. The summed E-state index contributed by atoms with van der Waals surface area (Å²) in [6.45, 7) is 1.40. The van der Waals surface area contributed by atoms with E-state index in [1.54, 1.807) is 18.0 Å². The highest BCUT2D eigenvalue weighted by Crippen LogP contribution is 2.21. The van der Waals surface area contributed by atoms with Crippen molar-refractivity contribution in [2.75, 3.05) is 24.2 Å². The molecular formula is C26H31N5O2S. The Balaban J connectivity index is 1.43. The second-order valence-corrected chi connectivity index (χ2v) is 9.88. The summed E-state index contributed by atoms with van der Waals surface area (Å²) < 4.78 is 0. The van der Waals surface area contributed by atoms with Gasteiger partial charge in [0.2, 0.25) is 11.8 Å². The van der Waals surface area contributed by atoms with Crippen molar-refractivity contribution in [2.45, 2.75) is 36.6 Å². The Morgan fingerprint density at radius 2 is 1.94 bits per heavy atom. The lowest BCUT2D eigenvalue weighted by atomic mass is 10.0. The maximum absolute atomic E-state index is 13.2. The summed E-state index contributed by atoms with van der Waals surface area (Å²) >= 11 is 1.79. The Kier molecular flexibility index (Phi) is 8.51. The molecule has 2 aromatic carbocycles. The largest absolute Gasteiger partial charge is 0.343 e. The van der Waals surface area contributed by atoms with E-state index in [2.05, 4.69) is 20.9 Å². The number of carbonyl (C=O) groups excluding carboxylic acids is 2. The van der Waals surface area contributed by atoms with Crippen molar-refractivity contribution in [1.82, 2.24) is 15.6 Å². The molecule has 2 amide bonds. The highest BCUT2D eigenvalue weighted by atomic mass is 32.2. The van der Waals surface area contributed by atoms with Crippen LogP contribution in [-0.4, -0.2) is 53.0 Å². The molecule has 1 saturated heterocycles. The third-order valence-electron chi connectivity index (χ3n) is 5.93. The van der Waals surface area contributed by atoms with Crippen LogP contribution in [0.2, 0.25) is 0 Å². The summed E-state index contributed by atoms with van der Waals surface area (Å²) in [7, 11) is 0. The molecule has 0 unspecified atom stereocenters. The first kappa shape index (κ1) is 24.2. The Bertz CT molecular complexity index is 1110. The fourth-order valence-electron chi connectivity index (χ4n) is 4.13. The van der Waals surface area contributed by atoms with Crippen molar-refractivity contribution >= 4 is 40.2 Å². The van der Waals surface area contributed by atoms with Gasteiger partial charge in [0.15, 0.2) is 0 Å². The van der Waals surface area contributed by atoms with Crippen LogP contribution in [0.15, 0.2) is 66.9 Å². The normalized spacial score (nSPS) is 18.5. The lowest BCUT2D eigenvalue weighted by molar-refractivity contribution is -0.127. The predicted octanol–water partition coefficient (Wildman–Crippen LogP) is 2.71. The molecule has 7 nitrogen and oxygen atoms in total. The third-order valence-corrected chi connectivity index (χ3v) is 7.24. The number of hydrogen-bond donors (Lipinski definition) is 4. The first-order valence-electron chi connectivity index (χ1n) is 11.7. The SMILES string of the molecule is NCCS[C@H]1CN[C@H](C(=O)N[C@H](CCc2ccccc2)C(=O)Nc2cnc3ccccc3c2)C1. The summed E-state index contributed by atoms with van der Waals surface area (Å²) in [6, 6.07) is 18.7. The monoisotopic (exact) mass is 477 g/mol. The molecule has 4 rings (SSSR count). The highest BCUT2D eigenvalue weighted by Gasteiger charge is 2.32. The Labute approximate surface area is 204 Å². The lowest BCUT2D eigenvalue weighted by Crippen LogP contribution is -2.50. The zero-order valence-corrected chi connectivity index (χ0v) is 19.9. The first-order chi connectivity index (χ1) is 16.6. The van der Waals surface area contributed by atoms with Crippen LogP contribution in [0.5, 0.6) is 0 Å². The van der Waals surface area contributed by atoms with Crippen LogP contribution >= 0.6 is 11.8 Å². The predicted molar refractivity (Wildman–Crippen MR) is 139 cm³/mol. The molecule has 5 N–H and O–H groups in total. The minimum atomic E-state index is -0.656. The van der Waals surface area contributed by atoms with E-state index in [-0.39, 0.29) is 17.9 Å². The van der Waals surface area contributed by atoms with E-state index < -0.39 is 6.04 Å². The van der Waals surface area contributed by atoms with Crippen LogP contribution in [0, 0.1) is 0 Å². The molecule has 1 aliphatic rings. The fraction of sp³-hybridized carbons (Fsp3) is 0.346. The number of nitrogens with two attached hydrogens (primary N) is 1. The average Bonchev–Trinajstić information content (AvgIpc) is 3.35. The molecule has 1 aromatic heterocycles. The minimum absolute atomic E-state index is 0.138. The molecule has 1 fully saturated rings. The van der Waals surface area contributed by atoms with Gasteiger partial charge in [0, 0.05) is 29.5 Å². The average molecular weight is 478 g/mol. The van der Waals surface area contributed by atoms with Crippen molar-refractivity contribution in [3.05, 3.63) is 72.4 Å². The summed E-state index contributed by atoms with van der Waals surface area (Å²) in [5.74, 6) is 0.497. The van der Waals surface area contributed by atoms with Gasteiger partial charge in [0.25, 0.3) is 0 Å². The molecule has 0 aliphatic carbocycles. The number of anilines is 1. The topological polar surface area (TPSA) is 109 Å². The van der Waals surface area contributed by atoms with Crippen molar-refractivity contribution < 1.29 is 9.59 Å². The maximum atomic E-state index is 13.2. The zero-order chi connectivity index (χ0) is 23.8. The van der Waals surface area contributed by atoms with E-state index in [1.165, 1.54) is 0 Å². The summed E-state index contributed by atoms with van der Waals surface area (Å²) in [4.78, 5) is 30.7. The van der Waals surface area contributed by atoms with E-state index in [9.17, 15) is 9.59 Å². The van der Waals surface area contributed by atoms with Crippen LogP contribution in [0.25, 0.3) is 10.9 Å². The molecule has 0 saturated carbocycles. The third kappa shape index (κ3) is 6.56. The smallest absolute Gasteiger partial charge is 0.247 e. The number of aromatic nitrogens is 1. The van der Waals surface area contributed by atoms with Gasteiger partial charge in [-0.05, 0) is 37.0 Å². The Hall–Kier alpha value is -2.94. The molecule has 3 aromatic rings. The van der Waals surface area contributed by atoms with Gasteiger partial charge in [0.05, 0.1) is 23.4 Å². The van der Waals surface area contributed by atoms with Gasteiger partial charge in [0.1, 0.15) is 6.04 Å². The van der Waals surface area contributed by atoms with E-state index in [4.69, 9.17) is 5.73 Å². The van der Waals surface area contributed by atoms with E-state index in [0.29, 0.717) is 30.3 Å². The molecule has 8 heteroatoms. The molecule has 3 atom stereocenters. The van der Waals surface area contributed by atoms with Gasteiger partial charge >= 0.3 is 0 Å². The molecule has 34 heavy (non-hydrogen) atoms. The highest BCUT2D eigenvalue weighted by molar-refractivity contribution is 7.99. The zero-order valence-electron chi connectivity index (χ0n) is 19.1. The number of rotatable bonds is 10. The lowest BCUT2D eigenvalue weighted by Gasteiger charge is -2.21. The number of aryl methyl sites for hydroxylation is 1. The summed E-state index contributed by atoms with van der Waals surface area (Å²) in [6.07, 6.45) is 3.56. The number of pyridine rings is 1. The van der Waals surface area contributed by atoms with Crippen molar-refractivity contribution in [3.8, 4) is 0 Å². The van der Waals surface area contributed by atoms with Crippen molar-refractivity contribution in [3.63, 3.8) is 0 Å². The Morgan fingerprint density at radius 3 is 2.76 bits per heavy atom. The van der Waals surface area contributed by atoms with Crippen molar-refractivity contribution in [1.29, 1.82) is 0 Å². The quantitative estimate of drug-likeness (QED) is 0.358. The molecule has 2 heterocycles. The van der Waals surface area contributed by atoms with Gasteiger partial charge in [-0.15, -0.1) is 0 Å². The van der Waals surface area contributed by atoms with E-state index in [0.717, 1.165) is 35.2 Å². The second kappa shape index (κ2) is 12.0. The number of para-hydroxylation sites is 1. The number of hydrogen-bond acceptors (Lipinski definition) is 6. The number of fused-ring (bicyclic) bond motifs is 1. The number of nitrogens with one attached hydrogen (secondary N) is 3. The number of thioether (sulfide) groups is 1. The molecule has 0 spiro atoms. The summed E-state index contributed by atoms with van der Waals surface area (Å²) in [5.41, 5.74) is 8.21. The van der Waals surface area contributed by atoms with Crippen LogP contribution in [0.4, 0.5) is 5.69 Å². The van der Waals surface area contributed by atoms with Crippen LogP contribution in [0.1, 0.15) is 18.4 Å². The summed E-state index contributed by atoms with van der Waals surface area (Å²) in [5, 5.41) is 10.5. The molecular weight excluding hydrogens is 446 g/mol. The number of amides is 2. The number of benzene rings is 2. The molecule has 1 aliphatic heterocycles. The second-order valence-electron chi connectivity index (χ2n) is 8.47. The van der Waals surface area contributed by atoms with Gasteiger partial charge < -0.3 is 21.7 Å². The van der Waals surface area contributed by atoms with Gasteiger partial charge in [-0.1, -0.05) is 48.5 Å². The van der Waals surface area contributed by atoms with E-state index >= 15 is 0 Å². The van der Waals surface area contributed by atoms with E-state index in [1.807, 2.05) is 60.7 Å². The van der Waals surface area contributed by atoms with Crippen LogP contribution in [-0.2, 0) is 16.0 Å². The molecule has 0 radical (unpaired) electrons.